The number of halogens is 1. The van der Waals surface area contributed by atoms with Gasteiger partial charge in [0.25, 0.3) is 0 Å². The first kappa shape index (κ1) is 13.7. The largest absolute Gasteiger partial charge is 0.481 e. The van der Waals surface area contributed by atoms with E-state index in [1.807, 2.05) is 13.8 Å². The van der Waals surface area contributed by atoms with Gasteiger partial charge in [0, 0.05) is 0 Å². The summed E-state index contributed by atoms with van der Waals surface area (Å²) < 4.78 is 13.2. The maximum absolute atomic E-state index is 13.2. The van der Waals surface area contributed by atoms with E-state index >= 15 is 0 Å². The van der Waals surface area contributed by atoms with E-state index in [1.54, 1.807) is 13.0 Å². The maximum Gasteiger partial charge on any atom is 0.309 e. The first-order chi connectivity index (χ1) is 7.89. The van der Waals surface area contributed by atoms with Crippen LogP contribution in [0.15, 0.2) is 18.2 Å². The molecule has 0 aliphatic rings. The van der Waals surface area contributed by atoms with Crippen LogP contribution >= 0.6 is 0 Å². The molecule has 1 aromatic carbocycles. The third kappa shape index (κ3) is 3.29. The van der Waals surface area contributed by atoms with Crippen molar-refractivity contribution in [2.75, 3.05) is 0 Å². The zero-order chi connectivity index (χ0) is 13.1. The number of rotatable bonds is 5. The van der Waals surface area contributed by atoms with Crippen LogP contribution in [0.4, 0.5) is 4.39 Å². The molecule has 3 heteroatoms. The minimum absolute atomic E-state index is 0.310. The number of hydrogen-bond donors (Lipinski definition) is 1. The molecule has 2 nitrogen and oxygen atoms in total. The van der Waals surface area contributed by atoms with Crippen molar-refractivity contribution in [2.24, 2.45) is 5.41 Å². The number of carbonyl (C=O) groups is 1. The van der Waals surface area contributed by atoms with E-state index in [0.29, 0.717) is 12.8 Å². The maximum atomic E-state index is 13.2. The molecule has 0 aliphatic carbocycles. The lowest BCUT2D eigenvalue weighted by atomic mass is 9.79. The number of carboxylic acid groups (broad SMARTS) is 1. The van der Waals surface area contributed by atoms with E-state index in [0.717, 1.165) is 17.5 Å². The van der Waals surface area contributed by atoms with Gasteiger partial charge in [-0.15, -0.1) is 0 Å². The lowest BCUT2D eigenvalue weighted by molar-refractivity contribution is -0.148. The van der Waals surface area contributed by atoms with Gasteiger partial charge in [0.2, 0.25) is 0 Å². The Morgan fingerprint density at radius 3 is 2.65 bits per heavy atom. The third-order valence-corrected chi connectivity index (χ3v) is 3.21. The molecule has 0 spiro atoms. The molecule has 0 saturated heterocycles. The van der Waals surface area contributed by atoms with Crippen LogP contribution in [0, 0.1) is 18.2 Å². The van der Waals surface area contributed by atoms with Gasteiger partial charge in [-0.25, -0.2) is 4.39 Å². The topological polar surface area (TPSA) is 37.3 Å². The molecular formula is C14H19FO2. The van der Waals surface area contributed by atoms with Crippen molar-refractivity contribution < 1.29 is 14.3 Å². The van der Waals surface area contributed by atoms with Gasteiger partial charge >= 0.3 is 5.97 Å². The van der Waals surface area contributed by atoms with Crippen LogP contribution < -0.4 is 0 Å². The van der Waals surface area contributed by atoms with Crippen LogP contribution in [0.2, 0.25) is 0 Å². The SMILES string of the molecule is CCCC(C)(Cc1cc(F)ccc1C)C(=O)O. The summed E-state index contributed by atoms with van der Waals surface area (Å²) in [5.41, 5.74) is 0.908. The Kier molecular flexibility index (Phi) is 4.27. The molecule has 1 atom stereocenters. The van der Waals surface area contributed by atoms with Gasteiger partial charge in [-0.2, -0.15) is 0 Å². The quantitative estimate of drug-likeness (QED) is 0.851. The lowest BCUT2D eigenvalue weighted by Crippen LogP contribution is -2.30. The van der Waals surface area contributed by atoms with E-state index in [-0.39, 0.29) is 5.82 Å². The van der Waals surface area contributed by atoms with Crippen molar-refractivity contribution in [1.29, 1.82) is 0 Å². The second kappa shape index (κ2) is 5.30. The molecule has 1 aromatic rings. The molecule has 0 aromatic heterocycles. The highest BCUT2D eigenvalue weighted by atomic mass is 19.1. The molecule has 0 fully saturated rings. The molecule has 0 saturated carbocycles. The highest BCUT2D eigenvalue weighted by Gasteiger charge is 2.32. The van der Waals surface area contributed by atoms with Crippen molar-refractivity contribution in [1.82, 2.24) is 0 Å². The van der Waals surface area contributed by atoms with Gasteiger partial charge in [-0.3, -0.25) is 4.79 Å². The Morgan fingerprint density at radius 2 is 2.12 bits per heavy atom. The summed E-state index contributed by atoms with van der Waals surface area (Å²) in [5, 5.41) is 9.29. The summed E-state index contributed by atoms with van der Waals surface area (Å²) in [6.45, 7) is 5.56. The number of hydrogen-bond acceptors (Lipinski definition) is 1. The van der Waals surface area contributed by atoms with Gasteiger partial charge in [0.1, 0.15) is 5.82 Å². The Balaban J connectivity index is 3.01. The fraction of sp³-hybridized carbons (Fsp3) is 0.500. The Bertz CT molecular complexity index is 415. The molecule has 0 amide bonds. The Morgan fingerprint density at radius 1 is 1.47 bits per heavy atom. The highest BCUT2D eigenvalue weighted by molar-refractivity contribution is 5.74. The van der Waals surface area contributed by atoms with Gasteiger partial charge in [-0.1, -0.05) is 19.4 Å². The molecule has 0 bridgehead atoms. The second-order valence-electron chi connectivity index (χ2n) is 4.86. The molecule has 1 N–H and O–H groups in total. The summed E-state index contributed by atoms with van der Waals surface area (Å²) in [7, 11) is 0. The minimum Gasteiger partial charge on any atom is -0.481 e. The summed E-state index contributed by atoms with van der Waals surface area (Å²) in [6.07, 6.45) is 1.77. The predicted octanol–water partition coefficient (Wildman–Crippen LogP) is 3.57. The summed E-state index contributed by atoms with van der Waals surface area (Å²) in [6, 6.07) is 4.53. The standard InChI is InChI=1S/C14H19FO2/c1-4-7-14(3,13(16)17)9-11-8-12(15)6-5-10(11)2/h5-6,8H,4,7,9H2,1-3H3,(H,16,17). The third-order valence-electron chi connectivity index (χ3n) is 3.21. The van der Waals surface area contributed by atoms with Crippen molar-refractivity contribution in [3.8, 4) is 0 Å². The van der Waals surface area contributed by atoms with Gasteiger partial charge in [-0.05, 0) is 49.9 Å². The summed E-state index contributed by atoms with van der Waals surface area (Å²) in [4.78, 5) is 11.3. The van der Waals surface area contributed by atoms with Crippen molar-refractivity contribution in [2.45, 2.75) is 40.0 Å². The fourth-order valence-electron chi connectivity index (χ4n) is 2.07. The van der Waals surface area contributed by atoms with E-state index in [9.17, 15) is 14.3 Å². The van der Waals surface area contributed by atoms with Crippen LogP contribution in [0.5, 0.6) is 0 Å². The van der Waals surface area contributed by atoms with Crippen LogP contribution in [-0.2, 0) is 11.2 Å². The minimum atomic E-state index is -0.817. The molecule has 0 radical (unpaired) electrons. The average molecular weight is 238 g/mol. The summed E-state index contributed by atoms with van der Waals surface area (Å²) in [5.74, 6) is -1.13. The van der Waals surface area contributed by atoms with Crippen molar-refractivity contribution >= 4 is 5.97 Å². The molecular weight excluding hydrogens is 219 g/mol. The fourth-order valence-corrected chi connectivity index (χ4v) is 2.07. The van der Waals surface area contributed by atoms with Gasteiger partial charge in [0.15, 0.2) is 0 Å². The lowest BCUT2D eigenvalue weighted by Gasteiger charge is -2.25. The first-order valence-electron chi connectivity index (χ1n) is 5.87. The normalized spacial score (nSPS) is 14.4. The molecule has 0 aliphatic heterocycles. The van der Waals surface area contributed by atoms with Crippen LogP contribution in [0.1, 0.15) is 37.8 Å². The first-order valence-corrected chi connectivity index (χ1v) is 5.87. The number of aryl methyl sites for hydroxylation is 1. The van der Waals surface area contributed by atoms with Crippen LogP contribution in [-0.4, -0.2) is 11.1 Å². The molecule has 1 unspecified atom stereocenters. The van der Waals surface area contributed by atoms with E-state index < -0.39 is 11.4 Å². The number of benzene rings is 1. The smallest absolute Gasteiger partial charge is 0.309 e. The Labute approximate surface area is 101 Å². The van der Waals surface area contributed by atoms with Gasteiger partial charge in [0.05, 0.1) is 5.41 Å². The zero-order valence-corrected chi connectivity index (χ0v) is 10.6. The predicted molar refractivity (Wildman–Crippen MR) is 65.5 cm³/mol. The van der Waals surface area contributed by atoms with E-state index in [2.05, 4.69) is 0 Å². The van der Waals surface area contributed by atoms with Gasteiger partial charge < -0.3 is 5.11 Å². The van der Waals surface area contributed by atoms with Crippen molar-refractivity contribution in [3.63, 3.8) is 0 Å². The monoisotopic (exact) mass is 238 g/mol. The molecule has 0 heterocycles. The number of aliphatic carboxylic acids is 1. The average Bonchev–Trinajstić information content (AvgIpc) is 2.23. The number of carboxylic acids is 1. The van der Waals surface area contributed by atoms with Crippen LogP contribution in [0.25, 0.3) is 0 Å². The van der Waals surface area contributed by atoms with E-state index in [4.69, 9.17) is 0 Å². The van der Waals surface area contributed by atoms with Crippen LogP contribution in [0.3, 0.4) is 0 Å². The molecule has 1 rings (SSSR count). The zero-order valence-electron chi connectivity index (χ0n) is 10.6. The summed E-state index contributed by atoms with van der Waals surface area (Å²) >= 11 is 0. The van der Waals surface area contributed by atoms with Crippen molar-refractivity contribution in [3.05, 3.63) is 35.1 Å². The molecule has 17 heavy (non-hydrogen) atoms. The molecule has 94 valence electrons. The second-order valence-corrected chi connectivity index (χ2v) is 4.86. The Hall–Kier alpha value is -1.38. The van der Waals surface area contributed by atoms with E-state index in [1.165, 1.54) is 12.1 Å². The highest BCUT2D eigenvalue weighted by Crippen LogP contribution is 2.30.